The summed E-state index contributed by atoms with van der Waals surface area (Å²) < 4.78 is 16.6. The van der Waals surface area contributed by atoms with Gasteiger partial charge < -0.3 is 19.5 Å². The Labute approximate surface area is 175 Å². The maximum Gasteiger partial charge on any atom is 0.118 e. The summed E-state index contributed by atoms with van der Waals surface area (Å²) in [6, 6.07) is 16.9. The molecule has 2 atom stereocenters. The molecule has 29 heavy (non-hydrogen) atoms. The van der Waals surface area contributed by atoms with Gasteiger partial charge in [0.1, 0.15) is 11.5 Å². The molecule has 2 aromatic rings. The lowest BCUT2D eigenvalue weighted by Gasteiger charge is -2.39. The quantitative estimate of drug-likeness (QED) is 0.593. The molecule has 4 nitrogen and oxygen atoms in total. The van der Waals surface area contributed by atoms with E-state index in [1.165, 1.54) is 11.1 Å². The van der Waals surface area contributed by atoms with E-state index >= 15 is 0 Å². The normalized spacial score (nSPS) is 19.5. The third kappa shape index (κ3) is 6.22. The Balaban J connectivity index is 1.62. The Bertz CT molecular complexity index is 740. The molecule has 0 saturated carbocycles. The summed E-state index contributed by atoms with van der Waals surface area (Å²) in [6.07, 6.45) is 3.34. The largest absolute Gasteiger partial charge is 0.497 e. The van der Waals surface area contributed by atoms with Gasteiger partial charge in [-0.2, -0.15) is 0 Å². The minimum absolute atomic E-state index is 0.0375. The van der Waals surface area contributed by atoms with Crippen molar-refractivity contribution < 1.29 is 14.2 Å². The number of hydrogen-bond acceptors (Lipinski definition) is 4. The van der Waals surface area contributed by atoms with Crippen LogP contribution in [0.1, 0.15) is 50.2 Å². The minimum Gasteiger partial charge on any atom is -0.497 e. The van der Waals surface area contributed by atoms with E-state index in [1.54, 1.807) is 14.2 Å². The number of methoxy groups -OCH3 is 2. The molecule has 0 unspecified atom stereocenters. The van der Waals surface area contributed by atoms with Crippen LogP contribution in [0.25, 0.3) is 0 Å². The van der Waals surface area contributed by atoms with Crippen LogP contribution in [0.5, 0.6) is 11.5 Å². The summed E-state index contributed by atoms with van der Waals surface area (Å²) in [7, 11) is 3.42. The summed E-state index contributed by atoms with van der Waals surface area (Å²) in [6.45, 7) is 7.14. The van der Waals surface area contributed by atoms with Crippen molar-refractivity contribution in [2.24, 2.45) is 5.92 Å². The maximum absolute atomic E-state index is 5.97. The number of nitrogens with one attached hydrogen (secondary N) is 1. The summed E-state index contributed by atoms with van der Waals surface area (Å²) in [5.41, 5.74) is 2.64. The van der Waals surface area contributed by atoms with Crippen molar-refractivity contribution in [3.8, 4) is 11.5 Å². The second-order valence-corrected chi connectivity index (χ2v) is 8.55. The molecule has 1 N–H and O–H groups in total. The van der Waals surface area contributed by atoms with E-state index in [4.69, 9.17) is 14.2 Å². The standard InChI is InChI=1S/C25H35NO3/c1-25(2)17-21(14-16-29-25)24(20-7-11-23(28-4)12-8-20)13-15-26-18-19-5-9-22(27-3)10-6-19/h5-12,21,24,26H,13-18H2,1-4H3/t21-,24-/m0/s1. The number of rotatable bonds is 9. The molecule has 0 aliphatic carbocycles. The molecule has 1 saturated heterocycles. The van der Waals surface area contributed by atoms with E-state index in [-0.39, 0.29) is 5.60 Å². The Hall–Kier alpha value is -2.04. The van der Waals surface area contributed by atoms with Gasteiger partial charge in [0.15, 0.2) is 0 Å². The van der Waals surface area contributed by atoms with E-state index < -0.39 is 0 Å². The van der Waals surface area contributed by atoms with Crippen molar-refractivity contribution in [1.82, 2.24) is 5.32 Å². The second kappa shape index (κ2) is 10.1. The van der Waals surface area contributed by atoms with Gasteiger partial charge in [-0.25, -0.2) is 0 Å². The summed E-state index contributed by atoms with van der Waals surface area (Å²) in [4.78, 5) is 0. The zero-order chi connectivity index (χ0) is 20.7. The van der Waals surface area contributed by atoms with E-state index in [2.05, 4.69) is 55.6 Å². The molecule has 158 valence electrons. The van der Waals surface area contributed by atoms with E-state index in [0.29, 0.717) is 11.8 Å². The highest BCUT2D eigenvalue weighted by Gasteiger charge is 2.33. The average Bonchev–Trinajstić information content (AvgIpc) is 2.73. The summed E-state index contributed by atoms with van der Waals surface area (Å²) in [5, 5.41) is 3.63. The molecule has 1 aliphatic heterocycles. The molecular formula is C25H35NO3. The summed E-state index contributed by atoms with van der Waals surface area (Å²) in [5.74, 6) is 2.97. The Morgan fingerprint density at radius 1 is 1.00 bits per heavy atom. The van der Waals surface area contributed by atoms with Gasteiger partial charge in [0.05, 0.1) is 19.8 Å². The van der Waals surface area contributed by atoms with Crippen molar-refractivity contribution in [3.63, 3.8) is 0 Å². The third-order valence-corrected chi connectivity index (χ3v) is 5.97. The topological polar surface area (TPSA) is 39.7 Å². The van der Waals surface area contributed by atoms with Gasteiger partial charge in [-0.1, -0.05) is 24.3 Å². The molecule has 2 aromatic carbocycles. The highest BCUT2D eigenvalue weighted by Crippen LogP contribution is 2.40. The van der Waals surface area contributed by atoms with Crippen LogP contribution in [0, 0.1) is 5.92 Å². The van der Waals surface area contributed by atoms with Crippen LogP contribution in [-0.2, 0) is 11.3 Å². The fourth-order valence-corrected chi connectivity index (χ4v) is 4.38. The predicted octanol–water partition coefficient (Wildman–Crippen LogP) is 5.17. The molecule has 0 radical (unpaired) electrons. The van der Waals surface area contributed by atoms with Crippen LogP contribution in [0.3, 0.4) is 0 Å². The lowest BCUT2D eigenvalue weighted by molar-refractivity contribution is -0.0771. The van der Waals surface area contributed by atoms with Gasteiger partial charge >= 0.3 is 0 Å². The van der Waals surface area contributed by atoms with E-state index in [0.717, 1.165) is 50.5 Å². The molecule has 1 heterocycles. The molecule has 1 aliphatic rings. The average molecular weight is 398 g/mol. The maximum atomic E-state index is 5.97. The number of hydrogen-bond donors (Lipinski definition) is 1. The predicted molar refractivity (Wildman–Crippen MR) is 118 cm³/mol. The fraction of sp³-hybridized carbons (Fsp3) is 0.520. The third-order valence-electron chi connectivity index (χ3n) is 5.97. The zero-order valence-corrected chi connectivity index (χ0v) is 18.2. The van der Waals surface area contributed by atoms with Gasteiger partial charge in [0.2, 0.25) is 0 Å². The zero-order valence-electron chi connectivity index (χ0n) is 18.2. The van der Waals surface area contributed by atoms with E-state index in [9.17, 15) is 0 Å². The smallest absolute Gasteiger partial charge is 0.118 e. The lowest BCUT2D eigenvalue weighted by Crippen LogP contribution is -2.36. The van der Waals surface area contributed by atoms with Gasteiger partial charge in [-0.3, -0.25) is 0 Å². The van der Waals surface area contributed by atoms with Crippen LogP contribution >= 0.6 is 0 Å². The van der Waals surface area contributed by atoms with E-state index in [1.807, 2.05) is 12.1 Å². The molecule has 1 fully saturated rings. The molecule has 0 bridgehead atoms. The van der Waals surface area contributed by atoms with Crippen molar-refractivity contribution >= 4 is 0 Å². The highest BCUT2D eigenvalue weighted by molar-refractivity contribution is 5.30. The Kier molecular flexibility index (Phi) is 7.57. The Morgan fingerprint density at radius 2 is 1.62 bits per heavy atom. The van der Waals surface area contributed by atoms with Crippen molar-refractivity contribution in [2.45, 2.75) is 51.2 Å². The van der Waals surface area contributed by atoms with Gasteiger partial charge in [-0.15, -0.1) is 0 Å². The number of ether oxygens (including phenoxy) is 3. The summed E-state index contributed by atoms with van der Waals surface area (Å²) >= 11 is 0. The first-order valence-electron chi connectivity index (χ1n) is 10.6. The molecule has 3 rings (SSSR count). The van der Waals surface area contributed by atoms with Gasteiger partial charge in [0.25, 0.3) is 0 Å². The van der Waals surface area contributed by atoms with Crippen LogP contribution in [-0.4, -0.2) is 33.0 Å². The first-order valence-corrected chi connectivity index (χ1v) is 10.6. The number of benzene rings is 2. The van der Waals surface area contributed by atoms with Crippen molar-refractivity contribution in [1.29, 1.82) is 0 Å². The second-order valence-electron chi connectivity index (χ2n) is 8.55. The minimum atomic E-state index is -0.0375. The van der Waals surface area contributed by atoms with Crippen LogP contribution in [0.15, 0.2) is 48.5 Å². The van der Waals surface area contributed by atoms with Crippen LogP contribution in [0.2, 0.25) is 0 Å². The first-order chi connectivity index (χ1) is 14.0. The molecule has 0 spiro atoms. The first kappa shape index (κ1) is 21.7. The monoisotopic (exact) mass is 397 g/mol. The van der Waals surface area contributed by atoms with Crippen LogP contribution in [0.4, 0.5) is 0 Å². The highest BCUT2D eigenvalue weighted by atomic mass is 16.5. The molecule has 0 aromatic heterocycles. The molecule has 0 amide bonds. The Morgan fingerprint density at radius 3 is 2.21 bits per heavy atom. The SMILES string of the molecule is COc1ccc(CNCC[C@@H](c2ccc(OC)cc2)[C@H]2CCOC(C)(C)C2)cc1. The lowest BCUT2D eigenvalue weighted by atomic mass is 9.75. The van der Waals surface area contributed by atoms with Crippen LogP contribution < -0.4 is 14.8 Å². The van der Waals surface area contributed by atoms with Gasteiger partial charge in [-0.05, 0) is 86.9 Å². The fourth-order valence-electron chi connectivity index (χ4n) is 4.38. The van der Waals surface area contributed by atoms with Crippen molar-refractivity contribution in [2.75, 3.05) is 27.4 Å². The van der Waals surface area contributed by atoms with Crippen molar-refractivity contribution in [3.05, 3.63) is 59.7 Å². The molecular weight excluding hydrogens is 362 g/mol. The van der Waals surface area contributed by atoms with Gasteiger partial charge in [0, 0.05) is 13.2 Å². The molecule has 4 heteroatoms.